The number of hydrogen-bond donors (Lipinski definition) is 0. The van der Waals surface area contributed by atoms with Crippen molar-refractivity contribution in [2.45, 2.75) is 12.8 Å². The van der Waals surface area contributed by atoms with Crippen LogP contribution < -0.4 is 0 Å². The van der Waals surface area contributed by atoms with Crippen molar-refractivity contribution in [3.05, 3.63) is 28.9 Å². The summed E-state index contributed by atoms with van der Waals surface area (Å²) < 4.78 is 1.76. The van der Waals surface area contributed by atoms with E-state index in [1.54, 1.807) is 4.68 Å². The van der Waals surface area contributed by atoms with E-state index in [-0.39, 0.29) is 0 Å². The number of carbonyl (C=O) groups excluding carboxylic acids is 1. The minimum absolute atomic E-state index is 0.514. The van der Waals surface area contributed by atoms with Crippen molar-refractivity contribution in [3.63, 3.8) is 0 Å². The lowest BCUT2D eigenvalue weighted by atomic mass is 10.1. The maximum atomic E-state index is 10.4. The normalized spacial score (nSPS) is 10.8. The fourth-order valence-corrected chi connectivity index (χ4v) is 2.06. The van der Waals surface area contributed by atoms with Crippen LogP contribution in [0.1, 0.15) is 12.0 Å². The predicted octanol–water partition coefficient (Wildman–Crippen LogP) is 2.36. The molecule has 0 bridgehead atoms. The number of aryl methyl sites for hydroxylation is 2. The number of halogens is 1. The monoisotopic (exact) mass is 222 g/mol. The van der Waals surface area contributed by atoms with E-state index in [4.69, 9.17) is 11.6 Å². The molecule has 78 valence electrons. The first-order chi connectivity index (χ1) is 7.24. The first-order valence-electron chi connectivity index (χ1n) is 4.77. The Morgan fingerprint density at radius 2 is 2.33 bits per heavy atom. The molecule has 0 atom stereocenters. The summed E-state index contributed by atoms with van der Waals surface area (Å²) in [6.07, 6.45) is 2.19. The number of hydrogen-bond acceptors (Lipinski definition) is 2. The minimum Gasteiger partial charge on any atom is -0.303 e. The summed E-state index contributed by atoms with van der Waals surface area (Å²) in [5.41, 5.74) is 2.13. The highest BCUT2D eigenvalue weighted by molar-refractivity contribution is 6.34. The Bertz CT molecular complexity index is 505. The summed E-state index contributed by atoms with van der Waals surface area (Å²) in [5.74, 6) is 0. The molecule has 0 unspecified atom stereocenters. The number of carbonyl (C=O) groups is 1. The Morgan fingerprint density at radius 3 is 3.07 bits per heavy atom. The van der Waals surface area contributed by atoms with Gasteiger partial charge in [0, 0.05) is 18.9 Å². The summed E-state index contributed by atoms with van der Waals surface area (Å²) in [6.45, 7) is 0. The SMILES string of the molecule is Cn1nc(Cl)c2cccc(CCC=O)c21. The van der Waals surface area contributed by atoms with E-state index >= 15 is 0 Å². The zero-order chi connectivity index (χ0) is 10.8. The highest BCUT2D eigenvalue weighted by Gasteiger charge is 2.09. The van der Waals surface area contributed by atoms with E-state index in [2.05, 4.69) is 5.10 Å². The molecule has 4 heteroatoms. The number of fused-ring (bicyclic) bond motifs is 1. The molecule has 0 spiro atoms. The number of nitrogens with zero attached hydrogens (tertiary/aromatic N) is 2. The van der Waals surface area contributed by atoms with E-state index in [9.17, 15) is 4.79 Å². The molecule has 0 aliphatic heterocycles. The lowest BCUT2D eigenvalue weighted by Gasteiger charge is -2.02. The number of aldehydes is 1. The van der Waals surface area contributed by atoms with Crippen LogP contribution in [0.5, 0.6) is 0 Å². The second-order valence-electron chi connectivity index (χ2n) is 3.43. The third kappa shape index (κ3) is 1.75. The number of rotatable bonds is 3. The Kier molecular flexibility index (Phi) is 2.73. The Hall–Kier alpha value is -1.35. The van der Waals surface area contributed by atoms with Crippen molar-refractivity contribution in [1.82, 2.24) is 9.78 Å². The third-order valence-electron chi connectivity index (χ3n) is 2.43. The van der Waals surface area contributed by atoms with Gasteiger partial charge in [-0.15, -0.1) is 0 Å². The average Bonchev–Trinajstić information content (AvgIpc) is 2.53. The molecule has 2 aromatic rings. The van der Waals surface area contributed by atoms with Crippen LogP contribution in [-0.2, 0) is 18.3 Å². The molecule has 0 fully saturated rings. The van der Waals surface area contributed by atoms with Gasteiger partial charge in [-0.1, -0.05) is 23.7 Å². The fraction of sp³-hybridized carbons (Fsp3) is 0.273. The van der Waals surface area contributed by atoms with Crippen molar-refractivity contribution in [1.29, 1.82) is 0 Å². The molecule has 1 aromatic heterocycles. The summed E-state index contributed by atoms with van der Waals surface area (Å²) in [6, 6.07) is 5.88. The molecule has 0 saturated carbocycles. The maximum Gasteiger partial charge on any atom is 0.158 e. The van der Waals surface area contributed by atoms with Crippen LogP contribution in [0.4, 0.5) is 0 Å². The average molecular weight is 223 g/mol. The van der Waals surface area contributed by atoms with Gasteiger partial charge in [0.25, 0.3) is 0 Å². The van der Waals surface area contributed by atoms with Crippen LogP contribution in [0.15, 0.2) is 18.2 Å². The Morgan fingerprint density at radius 1 is 1.53 bits per heavy atom. The molecule has 15 heavy (non-hydrogen) atoms. The van der Waals surface area contributed by atoms with Gasteiger partial charge in [-0.2, -0.15) is 5.10 Å². The van der Waals surface area contributed by atoms with Gasteiger partial charge in [-0.25, -0.2) is 0 Å². The highest BCUT2D eigenvalue weighted by Crippen LogP contribution is 2.25. The zero-order valence-corrected chi connectivity index (χ0v) is 9.16. The Balaban J connectivity index is 2.58. The van der Waals surface area contributed by atoms with Crippen LogP contribution in [0.3, 0.4) is 0 Å². The smallest absolute Gasteiger partial charge is 0.158 e. The molecule has 3 nitrogen and oxygen atoms in total. The van der Waals surface area contributed by atoms with Gasteiger partial charge in [-0.3, -0.25) is 4.68 Å². The van der Waals surface area contributed by atoms with Crippen LogP contribution in [0.2, 0.25) is 5.15 Å². The molecule has 0 aliphatic carbocycles. The fourth-order valence-electron chi connectivity index (χ4n) is 1.79. The molecule has 2 rings (SSSR count). The number of aromatic nitrogens is 2. The molecule has 0 saturated heterocycles. The van der Waals surface area contributed by atoms with Gasteiger partial charge in [0.1, 0.15) is 6.29 Å². The first-order valence-corrected chi connectivity index (χ1v) is 5.15. The van der Waals surface area contributed by atoms with E-state index in [1.165, 1.54) is 0 Å². The van der Waals surface area contributed by atoms with Gasteiger partial charge < -0.3 is 4.79 Å². The molecule has 0 aliphatic rings. The lowest BCUT2D eigenvalue weighted by molar-refractivity contribution is -0.107. The molecular formula is C11H11ClN2O. The lowest BCUT2D eigenvalue weighted by Crippen LogP contribution is -1.95. The molecular weight excluding hydrogens is 212 g/mol. The highest BCUT2D eigenvalue weighted by atomic mass is 35.5. The van der Waals surface area contributed by atoms with Crippen LogP contribution in [-0.4, -0.2) is 16.1 Å². The molecule has 1 aromatic carbocycles. The summed E-state index contributed by atoms with van der Waals surface area (Å²) in [7, 11) is 1.86. The van der Waals surface area contributed by atoms with E-state index in [1.807, 2.05) is 25.2 Å². The summed E-state index contributed by atoms with van der Waals surface area (Å²) in [5, 5.41) is 5.61. The van der Waals surface area contributed by atoms with Gasteiger partial charge in [0.15, 0.2) is 5.15 Å². The molecule has 0 radical (unpaired) electrons. The van der Waals surface area contributed by atoms with Crippen molar-refractivity contribution >= 4 is 28.8 Å². The molecule has 1 heterocycles. The third-order valence-corrected chi connectivity index (χ3v) is 2.71. The van der Waals surface area contributed by atoms with Gasteiger partial charge in [-0.05, 0) is 18.1 Å². The topological polar surface area (TPSA) is 34.9 Å². The minimum atomic E-state index is 0.514. The van der Waals surface area contributed by atoms with Crippen molar-refractivity contribution < 1.29 is 4.79 Å². The van der Waals surface area contributed by atoms with Crippen molar-refractivity contribution in [3.8, 4) is 0 Å². The zero-order valence-electron chi connectivity index (χ0n) is 8.40. The van der Waals surface area contributed by atoms with E-state index < -0.39 is 0 Å². The summed E-state index contributed by atoms with van der Waals surface area (Å²) in [4.78, 5) is 10.4. The van der Waals surface area contributed by atoms with Crippen LogP contribution in [0, 0.1) is 0 Å². The van der Waals surface area contributed by atoms with Gasteiger partial charge in [0.05, 0.1) is 5.52 Å². The van der Waals surface area contributed by atoms with Gasteiger partial charge in [0.2, 0.25) is 0 Å². The van der Waals surface area contributed by atoms with Crippen LogP contribution >= 0.6 is 11.6 Å². The molecule has 0 amide bonds. The second kappa shape index (κ2) is 4.03. The quantitative estimate of drug-likeness (QED) is 0.748. The van der Waals surface area contributed by atoms with Gasteiger partial charge >= 0.3 is 0 Å². The number of benzene rings is 1. The van der Waals surface area contributed by atoms with E-state index in [0.29, 0.717) is 11.6 Å². The maximum absolute atomic E-state index is 10.4. The standard InChI is InChI=1S/C11H11ClN2O/c1-14-10-8(5-3-7-15)4-2-6-9(10)11(12)13-14/h2,4,6-7H,3,5H2,1H3. The largest absolute Gasteiger partial charge is 0.303 e. The van der Waals surface area contributed by atoms with E-state index in [0.717, 1.165) is 29.2 Å². The van der Waals surface area contributed by atoms with Crippen molar-refractivity contribution in [2.24, 2.45) is 7.05 Å². The van der Waals surface area contributed by atoms with Crippen LogP contribution in [0.25, 0.3) is 10.9 Å². The number of para-hydroxylation sites is 1. The second-order valence-corrected chi connectivity index (χ2v) is 3.79. The molecule has 0 N–H and O–H groups in total. The Labute approximate surface area is 92.6 Å². The summed E-state index contributed by atoms with van der Waals surface area (Å²) >= 11 is 5.98. The predicted molar refractivity (Wildman–Crippen MR) is 60.1 cm³/mol. The first kappa shape index (κ1) is 10.2. The van der Waals surface area contributed by atoms with Crippen molar-refractivity contribution in [2.75, 3.05) is 0 Å².